The molecule has 1 aliphatic carbocycles. The molecule has 1 aliphatic rings. The summed E-state index contributed by atoms with van der Waals surface area (Å²) in [5.41, 5.74) is 6.81. The van der Waals surface area contributed by atoms with Crippen LogP contribution in [0.1, 0.15) is 36.8 Å². The van der Waals surface area contributed by atoms with E-state index in [2.05, 4.69) is 4.72 Å². The number of nitrogens with two attached hydrogens (primary N) is 1. The zero-order valence-electron chi connectivity index (χ0n) is 13.1. The number of sulfonamides is 1. The molecule has 1 saturated carbocycles. The van der Waals surface area contributed by atoms with Crippen LogP contribution in [0.5, 0.6) is 0 Å². The summed E-state index contributed by atoms with van der Waals surface area (Å²) in [6.07, 6.45) is 2.81. The number of rotatable bonds is 4. The van der Waals surface area contributed by atoms with Gasteiger partial charge in [-0.25, -0.2) is 13.1 Å². The molecule has 7 nitrogen and oxygen atoms in total. The van der Waals surface area contributed by atoms with Gasteiger partial charge in [-0.15, -0.1) is 12.4 Å². The standard InChI is InChI=1S/C14H21N3O4S.ClH/c1-9-7-13(17(18)19)14(8-10(9)2)22(20,21)16-12-5-3-11(15)4-6-12;/h7-8,11-12,16H,3-6,15H2,1-2H3;1H. The third-order valence-electron chi connectivity index (χ3n) is 4.16. The second-order valence-electron chi connectivity index (χ2n) is 5.89. The maximum Gasteiger partial charge on any atom is 0.289 e. The topological polar surface area (TPSA) is 115 Å². The van der Waals surface area contributed by atoms with E-state index < -0.39 is 14.9 Å². The molecular formula is C14H22ClN3O4S. The average molecular weight is 364 g/mol. The summed E-state index contributed by atoms with van der Waals surface area (Å²) in [6, 6.07) is 2.56. The first-order valence-corrected chi connectivity index (χ1v) is 8.72. The predicted octanol–water partition coefficient (Wildman–Crippen LogP) is 2.18. The van der Waals surface area contributed by atoms with Gasteiger partial charge in [0.2, 0.25) is 10.0 Å². The van der Waals surface area contributed by atoms with Gasteiger partial charge in [0.25, 0.3) is 5.69 Å². The molecule has 0 radical (unpaired) electrons. The van der Waals surface area contributed by atoms with Crippen molar-refractivity contribution in [2.45, 2.75) is 56.5 Å². The molecule has 0 bridgehead atoms. The van der Waals surface area contributed by atoms with Gasteiger partial charge in [-0.1, -0.05) is 0 Å². The van der Waals surface area contributed by atoms with E-state index in [1.165, 1.54) is 12.1 Å². The summed E-state index contributed by atoms with van der Waals surface area (Å²) in [5.74, 6) is 0. The quantitative estimate of drug-likeness (QED) is 0.628. The van der Waals surface area contributed by atoms with Gasteiger partial charge in [0.05, 0.1) is 4.92 Å². The molecule has 0 atom stereocenters. The fourth-order valence-corrected chi connectivity index (χ4v) is 4.19. The first-order valence-electron chi connectivity index (χ1n) is 7.24. The Balaban J connectivity index is 0.00000264. The molecule has 2 rings (SSSR count). The Morgan fingerprint density at radius 1 is 1.17 bits per heavy atom. The van der Waals surface area contributed by atoms with Crippen LogP contribution < -0.4 is 10.5 Å². The number of nitrogens with one attached hydrogen (secondary N) is 1. The minimum atomic E-state index is -3.92. The Kier molecular flexibility index (Phi) is 6.52. The summed E-state index contributed by atoms with van der Waals surface area (Å²) < 4.78 is 27.6. The van der Waals surface area contributed by atoms with Crippen molar-refractivity contribution < 1.29 is 13.3 Å². The van der Waals surface area contributed by atoms with E-state index in [9.17, 15) is 18.5 Å². The molecular weight excluding hydrogens is 342 g/mol. The maximum atomic E-state index is 12.5. The van der Waals surface area contributed by atoms with Gasteiger partial charge in [0.15, 0.2) is 4.90 Å². The van der Waals surface area contributed by atoms with Crippen molar-refractivity contribution in [2.75, 3.05) is 0 Å². The zero-order valence-corrected chi connectivity index (χ0v) is 14.7. The summed E-state index contributed by atoms with van der Waals surface area (Å²) in [4.78, 5) is 10.2. The lowest BCUT2D eigenvalue weighted by molar-refractivity contribution is -0.387. The van der Waals surface area contributed by atoms with Crippen LogP contribution in [0.3, 0.4) is 0 Å². The van der Waals surface area contributed by atoms with E-state index in [1.807, 2.05) is 0 Å². The van der Waals surface area contributed by atoms with Crippen molar-refractivity contribution in [1.82, 2.24) is 4.72 Å². The molecule has 0 amide bonds. The van der Waals surface area contributed by atoms with Gasteiger partial charge in [0.1, 0.15) is 0 Å². The number of hydrogen-bond acceptors (Lipinski definition) is 5. The van der Waals surface area contributed by atoms with Crippen molar-refractivity contribution in [2.24, 2.45) is 5.73 Å². The number of hydrogen-bond donors (Lipinski definition) is 2. The van der Waals surface area contributed by atoms with Crippen molar-refractivity contribution in [3.05, 3.63) is 33.4 Å². The molecule has 1 aromatic rings. The number of nitrogens with zero attached hydrogens (tertiary/aromatic N) is 1. The van der Waals surface area contributed by atoms with Gasteiger partial charge in [-0.2, -0.15) is 0 Å². The zero-order chi connectivity index (χ0) is 16.5. The van der Waals surface area contributed by atoms with Crippen LogP contribution in [0.25, 0.3) is 0 Å². The Hall–Kier alpha value is -1.22. The first-order chi connectivity index (χ1) is 10.2. The van der Waals surface area contributed by atoms with Crippen LogP contribution in [0, 0.1) is 24.0 Å². The lowest BCUT2D eigenvalue weighted by atomic mass is 9.93. The van der Waals surface area contributed by atoms with E-state index in [-0.39, 0.29) is 35.1 Å². The Morgan fingerprint density at radius 2 is 1.70 bits per heavy atom. The number of halogens is 1. The molecule has 1 aromatic carbocycles. The van der Waals surface area contributed by atoms with Crippen LogP contribution in [0.4, 0.5) is 5.69 Å². The third kappa shape index (κ3) is 4.63. The number of benzene rings is 1. The van der Waals surface area contributed by atoms with Crippen LogP contribution in [0.15, 0.2) is 17.0 Å². The lowest BCUT2D eigenvalue weighted by Crippen LogP contribution is -2.40. The average Bonchev–Trinajstić information content (AvgIpc) is 2.43. The van der Waals surface area contributed by atoms with Crippen LogP contribution in [-0.4, -0.2) is 25.4 Å². The molecule has 0 spiro atoms. The molecule has 0 saturated heterocycles. The molecule has 0 unspecified atom stereocenters. The third-order valence-corrected chi connectivity index (χ3v) is 5.70. The number of aryl methyl sites for hydroxylation is 2. The summed E-state index contributed by atoms with van der Waals surface area (Å²) in [6.45, 7) is 3.45. The summed E-state index contributed by atoms with van der Waals surface area (Å²) >= 11 is 0. The lowest BCUT2D eigenvalue weighted by Gasteiger charge is -2.26. The van der Waals surface area contributed by atoms with E-state index in [4.69, 9.17) is 5.73 Å². The molecule has 0 heterocycles. The molecule has 1 fully saturated rings. The fourth-order valence-electron chi connectivity index (χ4n) is 2.65. The van der Waals surface area contributed by atoms with Gasteiger partial charge in [0, 0.05) is 18.2 Å². The molecule has 130 valence electrons. The second kappa shape index (κ2) is 7.57. The van der Waals surface area contributed by atoms with Crippen molar-refractivity contribution in [3.8, 4) is 0 Å². The second-order valence-corrected chi connectivity index (χ2v) is 7.58. The monoisotopic (exact) mass is 363 g/mol. The predicted molar refractivity (Wildman–Crippen MR) is 90.4 cm³/mol. The minimum Gasteiger partial charge on any atom is -0.328 e. The Bertz CT molecular complexity index is 686. The van der Waals surface area contributed by atoms with Gasteiger partial charge in [-0.3, -0.25) is 10.1 Å². The van der Waals surface area contributed by atoms with Crippen molar-refractivity contribution >= 4 is 28.1 Å². The van der Waals surface area contributed by atoms with E-state index >= 15 is 0 Å². The van der Waals surface area contributed by atoms with Crippen LogP contribution in [-0.2, 0) is 10.0 Å². The SMILES string of the molecule is Cc1cc([N+](=O)[O-])c(S(=O)(=O)NC2CCC(N)CC2)cc1C.Cl. The number of nitro benzene ring substituents is 1. The molecule has 3 N–H and O–H groups in total. The Morgan fingerprint density at radius 3 is 2.22 bits per heavy atom. The van der Waals surface area contributed by atoms with E-state index in [0.717, 1.165) is 12.8 Å². The molecule has 23 heavy (non-hydrogen) atoms. The van der Waals surface area contributed by atoms with E-state index in [1.54, 1.807) is 13.8 Å². The van der Waals surface area contributed by atoms with Crippen LogP contribution in [0.2, 0.25) is 0 Å². The Labute approximate surface area is 142 Å². The van der Waals surface area contributed by atoms with Gasteiger partial charge < -0.3 is 5.73 Å². The highest BCUT2D eigenvalue weighted by Gasteiger charge is 2.30. The largest absolute Gasteiger partial charge is 0.328 e. The van der Waals surface area contributed by atoms with Crippen molar-refractivity contribution in [3.63, 3.8) is 0 Å². The van der Waals surface area contributed by atoms with Gasteiger partial charge in [-0.05, 0) is 56.7 Å². The smallest absolute Gasteiger partial charge is 0.289 e. The summed E-state index contributed by atoms with van der Waals surface area (Å²) in [7, 11) is -3.92. The van der Waals surface area contributed by atoms with Crippen molar-refractivity contribution in [1.29, 1.82) is 0 Å². The molecule has 0 aromatic heterocycles. The number of nitro groups is 1. The highest BCUT2D eigenvalue weighted by molar-refractivity contribution is 7.89. The van der Waals surface area contributed by atoms with E-state index in [0.29, 0.717) is 24.0 Å². The normalized spacial score (nSPS) is 21.5. The highest BCUT2D eigenvalue weighted by Crippen LogP contribution is 2.28. The van der Waals surface area contributed by atoms with Crippen LogP contribution >= 0.6 is 12.4 Å². The first kappa shape index (κ1) is 19.8. The maximum absolute atomic E-state index is 12.5. The molecule has 0 aliphatic heterocycles. The highest BCUT2D eigenvalue weighted by atomic mass is 35.5. The molecule has 9 heteroatoms. The van der Waals surface area contributed by atoms with Gasteiger partial charge >= 0.3 is 0 Å². The minimum absolute atomic E-state index is 0. The fraction of sp³-hybridized carbons (Fsp3) is 0.571. The summed E-state index contributed by atoms with van der Waals surface area (Å²) in [5, 5.41) is 11.2.